The van der Waals surface area contributed by atoms with Crippen LogP contribution in [0.2, 0.25) is 0 Å². The Kier molecular flexibility index (Phi) is 6.59. The normalized spacial score (nSPS) is 14.3. The highest BCUT2D eigenvalue weighted by Crippen LogP contribution is 2.19. The number of hydrogen-bond donors (Lipinski definition) is 1. The van der Waals surface area contributed by atoms with Crippen LogP contribution in [0, 0.1) is 5.92 Å². The van der Waals surface area contributed by atoms with E-state index in [0.717, 1.165) is 12.8 Å². The molecule has 7 nitrogen and oxygen atoms in total. The lowest BCUT2D eigenvalue weighted by atomic mass is 9.99. The third kappa shape index (κ3) is 4.99. The fourth-order valence-electron chi connectivity index (χ4n) is 3.24. The number of piperidine rings is 1. The van der Waals surface area contributed by atoms with Gasteiger partial charge < -0.3 is 15.0 Å². The molecule has 1 aliphatic rings. The number of pyridine rings is 1. The minimum absolute atomic E-state index is 0.168. The fraction of sp³-hybridized carbons (Fsp3) is 0.364. The second-order valence-electron chi connectivity index (χ2n) is 7.12. The Balaban J connectivity index is 1.75. The number of nitrogens with zero attached hydrogens (tertiary/aromatic N) is 2. The maximum Gasteiger partial charge on any atom is 0.340 e. The van der Waals surface area contributed by atoms with Crippen LogP contribution in [0.25, 0.3) is 0 Å². The van der Waals surface area contributed by atoms with Gasteiger partial charge in [0.2, 0.25) is 0 Å². The Morgan fingerprint density at radius 3 is 2.62 bits per heavy atom. The summed E-state index contributed by atoms with van der Waals surface area (Å²) in [6.07, 6.45) is 3.39. The lowest BCUT2D eigenvalue weighted by Gasteiger charge is -2.30. The number of anilines is 1. The first kappa shape index (κ1) is 20.5. The molecule has 152 valence electrons. The summed E-state index contributed by atoms with van der Waals surface area (Å²) in [4.78, 5) is 43.5. The van der Waals surface area contributed by atoms with E-state index in [-0.39, 0.29) is 23.8 Å². The number of amides is 2. The van der Waals surface area contributed by atoms with Crippen molar-refractivity contribution < 1.29 is 19.1 Å². The van der Waals surface area contributed by atoms with Crippen LogP contribution < -0.4 is 5.32 Å². The number of benzene rings is 1. The number of para-hydroxylation sites is 1. The highest BCUT2D eigenvalue weighted by molar-refractivity contribution is 6.08. The summed E-state index contributed by atoms with van der Waals surface area (Å²) < 4.78 is 5.03. The van der Waals surface area contributed by atoms with E-state index in [2.05, 4.69) is 17.2 Å². The van der Waals surface area contributed by atoms with Crippen LogP contribution in [0.1, 0.15) is 57.9 Å². The van der Waals surface area contributed by atoms with E-state index in [1.54, 1.807) is 36.1 Å². The van der Waals surface area contributed by atoms with E-state index in [4.69, 9.17) is 4.74 Å². The Labute approximate surface area is 170 Å². The molecule has 0 radical (unpaired) electrons. The number of aromatic nitrogens is 1. The van der Waals surface area contributed by atoms with E-state index in [1.165, 1.54) is 18.3 Å². The molecule has 0 spiro atoms. The van der Waals surface area contributed by atoms with Gasteiger partial charge in [0.25, 0.3) is 11.8 Å². The molecule has 1 aromatic carbocycles. The maximum atomic E-state index is 12.7. The minimum atomic E-state index is -0.506. The molecule has 2 amide bonds. The standard InChI is InChI=1S/C22H25N3O4/c1-3-29-22(28)17-6-4-5-7-18(17)24-20(26)16-8-11-23-19(14-16)21(27)25-12-9-15(2)10-13-25/h4-8,11,14-15H,3,9-10,12-13H2,1-2H3,(H,24,26). The van der Waals surface area contributed by atoms with E-state index in [1.807, 2.05) is 0 Å². The molecule has 1 saturated heterocycles. The van der Waals surface area contributed by atoms with Gasteiger partial charge in [-0.2, -0.15) is 0 Å². The van der Waals surface area contributed by atoms with Crippen molar-refractivity contribution in [2.24, 2.45) is 5.92 Å². The first-order valence-corrected chi connectivity index (χ1v) is 9.82. The van der Waals surface area contributed by atoms with Gasteiger partial charge >= 0.3 is 5.97 Å². The molecule has 1 aliphatic heterocycles. The molecule has 0 unspecified atom stereocenters. The molecule has 2 heterocycles. The molecule has 1 N–H and O–H groups in total. The molecule has 0 bridgehead atoms. The molecule has 2 aromatic rings. The van der Waals surface area contributed by atoms with Crippen LogP contribution in [0.5, 0.6) is 0 Å². The number of carbonyl (C=O) groups is 3. The zero-order chi connectivity index (χ0) is 20.8. The van der Waals surface area contributed by atoms with Crippen LogP contribution in [-0.4, -0.2) is 47.4 Å². The van der Waals surface area contributed by atoms with E-state index < -0.39 is 11.9 Å². The van der Waals surface area contributed by atoms with Gasteiger partial charge in [0, 0.05) is 24.8 Å². The Morgan fingerprint density at radius 1 is 1.17 bits per heavy atom. The molecule has 0 atom stereocenters. The zero-order valence-corrected chi connectivity index (χ0v) is 16.7. The number of carbonyl (C=O) groups excluding carboxylic acids is 3. The third-order valence-electron chi connectivity index (χ3n) is 4.98. The highest BCUT2D eigenvalue weighted by atomic mass is 16.5. The zero-order valence-electron chi connectivity index (χ0n) is 16.7. The molecule has 1 aromatic heterocycles. The molecular weight excluding hydrogens is 370 g/mol. The summed E-state index contributed by atoms with van der Waals surface area (Å²) in [5.41, 5.74) is 1.17. The summed E-state index contributed by atoms with van der Waals surface area (Å²) in [6, 6.07) is 9.67. The molecule has 0 aliphatic carbocycles. The van der Waals surface area contributed by atoms with Crippen LogP contribution in [-0.2, 0) is 4.74 Å². The number of nitrogens with one attached hydrogen (secondary N) is 1. The summed E-state index contributed by atoms with van der Waals surface area (Å²) in [5, 5.41) is 2.73. The van der Waals surface area contributed by atoms with Crippen LogP contribution >= 0.6 is 0 Å². The lowest BCUT2D eigenvalue weighted by Crippen LogP contribution is -2.38. The lowest BCUT2D eigenvalue weighted by molar-refractivity contribution is 0.0527. The average Bonchev–Trinajstić information content (AvgIpc) is 2.74. The molecule has 1 fully saturated rings. The van der Waals surface area contributed by atoms with Crippen LogP contribution in [0.3, 0.4) is 0 Å². The van der Waals surface area contributed by atoms with Gasteiger partial charge in [-0.25, -0.2) is 4.79 Å². The largest absolute Gasteiger partial charge is 0.462 e. The van der Waals surface area contributed by atoms with Gasteiger partial charge in [-0.15, -0.1) is 0 Å². The topological polar surface area (TPSA) is 88.6 Å². The quantitative estimate of drug-likeness (QED) is 0.784. The Bertz CT molecular complexity index is 904. The van der Waals surface area contributed by atoms with Crippen molar-refractivity contribution in [3.05, 3.63) is 59.4 Å². The second kappa shape index (κ2) is 9.32. The molecule has 3 rings (SSSR count). The molecular formula is C22H25N3O4. The number of rotatable bonds is 5. The SMILES string of the molecule is CCOC(=O)c1ccccc1NC(=O)c1ccnc(C(=O)N2CCC(C)CC2)c1. The van der Waals surface area contributed by atoms with Crippen molar-refractivity contribution in [3.63, 3.8) is 0 Å². The van der Waals surface area contributed by atoms with Gasteiger partial charge in [-0.1, -0.05) is 19.1 Å². The molecule has 0 saturated carbocycles. The van der Waals surface area contributed by atoms with Gasteiger partial charge in [0.1, 0.15) is 5.69 Å². The summed E-state index contributed by atoms with van der Waals surface area (Å²) >= 11 is 0. The first-order chi connectivity index (χ1) is 14.0. The smallest absolute Gasteiger partial charge is 0.340 e. The van der Waals surface area contributed by atoms with Crippen molar-refractivity contribution in [2.75, 3.05) is 25.0 Å². The number of esters is 1. The molecule has 29 heavy (non-hydrogen) atoms. The van der Waals surface area contributed by atoms with Gasteiger partial charge in [-0.3, -0.25) is 14.6 Å². The monoisotopic (exact) mass is 395 g/mol. The van der Waals surface area contributed by atoms with E-state index in [9.17, 15) is 14.4 Å². The maximum absolute atomic E-state index is 12.7. The number of hydrogen-bond acceptors (Lipinski definition) is 5. The van der Waals surface area contributed by atoms with E-state index in [0.29, 0.717) is 30.3 Å². The Morgan fingerprint density at radius 2 is 1.90 bits per heavy atom. The average molecular weight is 395 g/mol. The van der Waals surface area contributed by atoms with Gasteiger partial charge in [0.05, 0.1) is 17.9 Å². The number of ether oxygens (including phenoxy) is 1. The summed E-state index contributed by atoms with van der Waals surface area (Å²) in [6.45, 7) is 5.54. The predicted octanol–water partition coefficient (Wildman–Crippen LogP) is 3.38. The minimum Gasteiger partial charge on any atom is -0.462 e. The molecule has 7 heteroatoms. The van der Waals surface area contributed by atoms with Crippen molar-refractivity contribution in [3.8, 4) is 0 Å². The van der Waals surface area contributed by atoms with Crippen molar-refractivity contribution in [1.29, 1.82) is 0 Å². The third-order valence-corrected chi connectivity index (χ3v) is 4.98. The van der Waals surface area contributed by atoms with Crippen molar-refractivity contribution in [1.82, 2.24) is 9.88 Å². The predicted molar refractivity (Wildman–Crippen MR) is 109 cm³/mol. The van der Waals surface area contributed by atoms with Crippen LogP contribution in [0.15, 0.2) is 42.6 Å². The Hall–Kier alpha value is -3.22. The number of likely N-dealkylation sites (tertiary alicyclic amines) is 1. The van der Waals surface area contributed by atoms with Crippen molar-refractivity contribution >= 4 is 23.5 Å². The van der Waals surface area contributed by atoms with E-state index >= 15 is 0 Å². The van der Waals surface area contributed by atoms with Crippen molar-refractivity contribution in [2.45, 2.75) is 26.7 Å². The highest BCUT2D eigenvalue weighted by Gasteiger charge is 2.23. The van der Waals surface area contributed by atoms with Crippen LogP contribution in [0.4, 0.5) is 5.69 Å². The van der Waals surface area contributed by atoms with Gasteiger partial charge in [0.15, 0.2) is 0 Å². The first-order valence-electron chi connectivity index (χ1n) is 9.82. The fourth-order valence-corrected chi connectivity index (χ4v) is 3.24. The second-order valence-corrected chi connectivity index (χ2v) is 7.12. The summed E-state index contributed by atoms with van der Waals surface area (Å²) in [5.74, 6) is -0.485. The summed E-state index contributed by atoms with van der Waals surface area (Å²) in [7, 11) is 0. The van der Waals surface area contributed by atoms with Gasteiger partial charge in [-0.05, 0) is 49.9 Å².